The molecule has 0 saturated carbocycles. The van der Waals surface area contributed by atoms with Crippen LogP contribution >= 0.6 is 23.2 Å². The highest BCUT2D eigenvalue weighted by atomic mass is 35.5. The predicted molar refractivity (Wildman–Crippen MR) is 159 cm³/mol. The molecule has 10 heteroatoms. The number of ether oxygens (including phenoxy) is 1. The Morgan fingerprint density at radius 1 is 1.10 bits per heavy atom. The van der Waals surface area contributed by atoms with Crippen LogP contribution < -0.4 is 4.31 Å². The summed E-state index contributed by atoms with van der Waals surface area (Å²) in [6.45, 7) is 9.17. The fraction of sp³-hybridized carbons (Fsp3) is 0.552. The van der Waals surface area contributed by atoms with E-state index in [0.717, 1.165) is 55.7 Å². The van der Waals surface area contributed by atoms with Gasteiger partial charge in [0.15, 0.2) is 0 Å². The Morgan fingerprint density at radius 3 is 2.38 bits per heavy atom. The van der Waals surface area contributed by atoms with E-state index in [2.05, 4.69) is 11.0 Å². The number of hydrogen-bond donors (Lipinski definition) is 0. The normalized spacial score (nSPS) is 18.2. The lowest BCUT2D eigenvalue weighted by Crippen LogP contribution is -2.46. The van der Waals surface area contributed by atoms with Crippen molar-refractivity contribution in [1.82, 2.24) is 9.80 Å². The predicted octanol–water partition coefficient (Wildman–Crippen LogP) is 6.15. The Balaban J connectivity index is 1.44. The quantitative estimate of drug-likeness (QED) is 0.384. The van der Waals surface area contributed by atoms with E-state index < -0.39 is 15.6 Å². The van der Waals surface area contributed by atoms with Gasteiger partial charge >= 0.3 is 6.09 Å². The highest BCUT2D eigenvalue weighted by Gasteiger charge is 2.46. The van der Waals surface area contributed by atoms with Crippen LogP contribution in [-0.2, 0) is 20.2 Å². The lowest BCUT2D eigenvalue weighted by atomic mass is 9.74. The first-order valence-electron chi connectivity index (χ1n) is 13.4. The first kappa shape index (κ1) is 30.0. The molecule has 0 aliphatic carbocycles. The Labute approximate surface area is 243 Å². The lowest BCUT2D eigenvalue weighted by Gasteiger charge is -2.40. The monoisotopic (exact) mass is 595 g/mol. The number of likely N-dealkylation sites (tertiary alicyclic amines) is 1. The van der Waals surface area contributed by atoms with Crippen LogP contribution in [0.15, 0.2) is 42.5 Å². The number of amides is 1. The van der Waals surface area contributed by atoms with Gasteiger partial charge in [0.05, 0.1) is 22.0 Å². The number of carbonyl (C=O) groups is 1. The van der Waals surface area contributed by atoms with Gasteiger partial charge in [-0.1, -0.05) is 47.5 Å². The van der Waals surface area contributed by atoms with Crippen LogP contribution in [0, 0.1) is 0 Å². The van der Waals surface area contributed by atoms with Crippen molar-refractivity contribution in [2.45, 2.75) is 57.0 Å². The number of nitrogens with zero attached hydrogens (tertiary/aromatic N) is 3. The van der Waals surface area contributed by atoms with Crippen LogP contribution in [0.2, 0.25) is 10.0 Å². The molecule has 1 unspecified atom stereocenters. The Morgan fingerprint density at radius 2 is 1.77 bits per heavy atom. The molecule has 4 rings (SSSR count). The minimum atomic E-state index is -3.34. The lowest BCUT2D eigenvalue weighted by molar-refractivity contribution is 0.0284. The fourth-order valence-corrected chi connectivity index (χ4v) is 7.03. The third-order valence-corrected chi connectivity index (χ3v) is 9.68. The van der Waals surface area contributed by atoms with E-state index in [1.54, 1.807) is 22.3 Å². The van der Waals surface area contributed by atoms with Crippen molar-refractivity contribution >= 4 is 45.0 Å². The summed E-state index contributed by atoms with van der Waals surface area (Å²) in [4.78, 5) is 16.8. The number of rotatable bonds is 7. The van der Waals surface area contributed by atoms with Gasteiger partial charge in [0.2, 0.25) is 10.0 Å². The highest BCUT2D eigenvalue weighted by molar-refractivity contribution is 7.92. The summed E-state index contributed by atoms with van der Waals surface area (Å²) in [5, 5.41) is 0.996. The maximum absolute atomic E-state index is 12.7. The molecule has 214 valence electrons. The molecule has 7 nitrogen and oxygen atoms in total. The number of carbonyl (C=O) groups excluding carboxylic acids is 1. The maximum atomic E-state index is 12.7. The Hall–Kier alpha value is -2.00. The summed E-state index contributed by atoms with van der Waals surface area (Å²) < 4.78 is 32.2. The van der Waals surface area contributed by atoms with Crippen LogP contribution in [0.4, 0.5) is 10.5 Å². The largest absolute Gasteiger partial charge is 0.444 e. The molecule has 1 amide bonds. The highest BCUT2D eigenvalue weighted by Crippen LogP contribution is 2.47. The van der Waals surface area contributed by atoms with Crippen LogP contribution in [0.3, 0.4) is 0 Å². The number of hydrogen-bond acceptors (Lipinski definition) is 5. The van der Waals surface area contributed by atoms with Gasteiger partial charge in [0.1, 0.15) is 5.60 Å². The van der Waals surface area contributed by atoms with Crippen molar-refractivity contribution in [3.8, 4) is 0 Å². The summed E-state index contributed by atoms with van der Waals surface area (Å²) in [6, 6.07) is 13.6. The number of likely N-dealkylation sites (N-methyl/N-ethyl adjacent to an activating group) is 1. The second kappa shape index (κ2) is 11.5. The number of anilines is 1. The van der Waals surface area contributed by atoms with Crippen molar-refractivity contribution in [1.29, 1.82) is 0 Å². The van der Waals surface area contributed by atoms with Crippen LogP contribution in [-0.4, -0.2) is 75.9 Å². The van der Waals surface area contributed by atoms with Gasteiger partial charge in [0.25, 0.3) is 0 Å². The van der Waals surface area contributed by atoms with Crippen LogP contribution in [0.5, 0.6) is 0 Å². The fourth-order valence-electron chi connectivity index (χ4n) is 5.73. The van der Waals surface area contributed by atoms with E-state index in [1.807, 2.05) is 51.1 Å². The van der Waals surface area contributed by atoms with Crippen molar-refractivity contribution in [2.24, 2.45) is 0 Å². The van der Waals surface area contributed by atoms with E-state index in [4.69, 9.17) is 27.9 Å². The van der Waals surface area contributed by atoms with E-state index in [1.165, 1.54) is 6.26 Å². The van der Waals surface area contributed by atoms with E-state index in [9.17, 15) is 13.2 Å². The van der Waals surface area contributed by atoms with Crippen molar-refractivity contribution < 1.29 is 17.9 Å². The Kier molecular flexibility index (Phi) is 8.82. The zero-order valence-corrected chi connectivity index (χ0v) is 25.7. The van der Waals surface area contributed by atoms with Crippen LogP contribution in [0.25, 0.3) is 0 Å². The third-order valence-electron chi connectivity index (χ3n) is 7.81. The Bertz CT molecular complexity index is 1300. The molecular weight excluding hydrogens is 557 g/mol. The smallest absolute Gasteiger partial charge is 0.410 e. The molecule has 2 aromatic rings. The number of para-hydroxylation sites is 1. The van der Waals surface area contributed by atoms with Gasteiger partial charge in [-0.05, 0) is 89.0 Å². The SMILES string of the molecule is CN(CC(CCN1CCC2(CC1)CN(S(C)(=O)=O)c1ccccc12)c1ccc(Cl)c(Cl)c1)C(=O)OC(C)(C)C. The van der Waals surface area contributed by atoms with Gasteiger partial charge in [-0.15, -0.1) is 0 Å². The first-order valence-corrected chi connectivity index (χ1v) is 16.0. The zero-order valence-electron chi connectivity index (χ0n) is 23.4. The van der Waals surface area contributed by atoms with Crippen LogP contribution in [0.1, 0.15) is 57.1 Å². The molecule has 2 aliphatic rings. The molecule has 1 saturated heterocycles. The molecule has 39 heavy (non-hydrogen) atoms. The van der Waals surface area contributed by atoms with Gasteiger partial charge in [-0.3, -0.25) is 4.31 Å². The molecule has 1 fully saturated rings. The topological polar surface area (TPSA) is 70.2 Å². The molecule has 2 aromatic carbocycles. The molecule has 2 heterocycles. The molecule has 0 bridgehead atoms. The second-order valence-electron chi connectivity index (χ2n) is 11.9. The third kappa shape index (κ3) is 7.02. The van der Waals surface area contributed by atoms with E-state index in [-0.39, 0.29) is 17.4 Å². The number of halogens is 2. The molecule has 0 aromatic heterocycles. The first-order chi connectivity index (χ1) is 18.2. The summed E-state index contributed by atoms with van der Waals surface area (Å²) in [5.74, 6) is 0.0427. The summed E-state index contributed by atoms with van der Waals surface area (Å²) >= 11 is 12.5. The molecule has 1 spiro atoms. The van der Waals surface area contributed by atoms with Crippen molar-refractivity contribution in [3.05, 3.63) is 63.6 Å². The average molecular weight is 597 g/mol. The number of fused-ring (bicyclic) bond motifs is 2. The maximum Gasteiger partial charge on any atom is 0.410 e. The summed E-state index contributed by atoms with van der Waals surface area (Å²) in [7, 11) is -1.58. The average Bonchev–Trinajstić information content (AvgIpc) is 3.18. The molecule has 0 radical (unpaired) electrons. The second-order valence-corrected chi connectivity index (χ2v) is 14.6. The molecule has 0 N–H and O–H groups in total. The standard InChI is InChI=1S/C29H39Cl2N3O4S/c1-28(2,3)38-27(35)32(4)19-22(21-10-11-24(30)25(31)18-21)12-15-33-16-13-29(14-17-33)20-34(39(5,36)37)26-9-7-6-8-23(26)29/h6-11,18,22H,12-17,19-20H2,1-5H3. The molecule has 1 atom stereocenters. The van der Waals surface area contributed by atoms with E-state index in [0.29, 0.717) is 23.1 Å². The zero-order chi connectivity index (χ0) is 28.6. The minimum absolute atomic E-state index is 0.0427. The number of piperidine rings is 1. The molecule has 2 aliphatic heterocycles. The van der Waals surface area contributed by atoms with Crippen molar-refractivity contribution in [3.63, 3.8) is 0 Å². The molecular formula is C29H39Cl2N3O4S. The summed E-state index contributed by atoms with van der Waals surface area (Å²) in [5.41, 5.74) is 2.26. The number of sulfonamides is 1. The van der Waals surface area contributed by atoms with E-state index >= 15 is 0 Å². The van der Waals surface area contributed by atoms with Gasteiger partial charge < -0.3 is 14.5 Å². The number of benzene rings is 2. The van der Waals surface area contributed by atoms with Gasteiger partial charge in [-0.2, -0.15) is 0 Å². The van der Waals surface area contributed by atoms with Gasteiger partial charge in [-0.25, -0.2) is 13.2 Å². The summed E-state index contributed by atoms with van der Waals surface area (Å²) in [6.07, 6.45) is 3.54. The van der Waals surface area contributed by atoms with Crippen molar-refractivity contribution in [2.75, 3.05) is 50.3 Å². The minimum Gasteiger partial charge on any atom is -0.444 e. The van der Waals surface area contributed by atoms with Gasteiger partial charge in [0, 0.05) is 31.5 Å².